The first kappa shape index (κ1) is 17.1. The molecule has 1 heterocycles. The zero-order valence-electron chi connectivity index (χ0n) is 13.9. The minimum Gasteiger partial charge on any atom is -0.469 e. The van der Waals surface area contributed by atoms with Crippen molar-refractivity contribution in [1.82, 2.24) is 10.2 Å². The van der Waals surface area contributed by atoms with Crippen molar-refractivity contribution in [2.24, 2.45) is 4.99 Å². The molecule has 1 aliphatic rings. The normalized spacial score (nSPS) is 15.1. The van der Waals surface area contributed by atoms with Crippen LogP contribution in [0, 0.1) is 0 Å². The van der Waals surface area contributed by atoms with Crippen LogP contribution in [0.3, 0.4) is 0 Å². The second-order valence-corrected chi connectivity index (χ2v) is 5.35. The topological polar surface area (TPSA) is 53.9 Å². The van der Waals surface area contributed by atoms with Crippen molar-refractivity contribution in [1.29, 1.82) is 0 Å². The van der Waals surface area contributed by atoms with Gasteiger partial charge in [0.05, 0.1) is 20.1 Å². The van der Waals surface area contributed by atoms with Gasteiger partial charge >= 0.3 is 5.97 Å². The van der Waals surface area contributed by atoms with E-state index in [1.807, 2.05) is 13.0 Å². The predicted octanol–water partition coefficient (Wildman–Crippen LogP) is 2.30. The number of methoxy groups -OCH3 is 1. The SMILES string of the molecule is CCNC(=NCCC(=O)OC)N1CC=C(c2ccccc2)CC1. The molecule has 0 unspecified atom stereocenters. The minimum absolute atomic E-state index is 0.227. The summed E-state index contributed by atoms with van der Waals surface area (Å²) in [5.74, 6) is 0.634. The number of guanidine groups is 1. The van der Waals surface area contributed by atoms with Crippen LogP contribution in [-0.4, -0.2) is 50.1 Å². The van der Waals surface area contributed by atoms with Crippen molar-refractivity contribution < 1.29 is 9.53 Å². The highest BCUT2D eigenvalue weighted by Crippen LogP contribution is 2.21. The zero-order valence-corrected chi connectivity index (χ0v) is 13.9. The molecule has 0 aliphatic carbocycles. The number of rotatable bonds is 5. The third kappa shape index (κ3) is 5.13. The van der Waals surface area contributed by atoms with Crippen LogP contribution in [0.4, 0.5) is 0 Å². The standard InChI is InChI=1S/C18H25N3O2/c1-3-19-18(20-12-9-17(22)23-2)21-13-10-16(11-14-21)15-7-5-4-6-8-15/h4-8,10H,3,9,11-14H2,1-2H3,(H,19,20). The molecule has 0 fully saturated rings. The lowest BCUT2D eigenvalue weighted by molar-refractivity contribution is -0.140. The molecule has 0 aromatic heterocycles. The number of aliphatic imine (C=N–C) groups is 1. The molecular formula is C18H25N3O2. The molecule has 0 radical (unpaired) electrons. The lowest BCUT2D eigenvalue weighted by Crippen LogP contribution is -2.43. The summed E-state index contributed by atoms with van der Waals surface area (Å²) in [4.78, 5) is 17.9. The van der Waals surface area contributed by atoms with Crippen molar-refractivity contribution in [3.8, 4) is 0 Å². The van der Waals surface area contributed by atoms with E-state index in [0.29, 0.717) is 13.0 Å². The smallest absolute Gasteiger partial charge is 0.307 e. The third-order valence-electron chi connectivity index (χ3n) is 3.79. The van der Waals surface area contributed by atoms with E-state index in [4.69, 9.17) is 0 Å². The van der Waals surface area contributed by atoms with Crippen LogP contribution in [0.5, 0.6) is 0 Å². The predicted molar refractivity (Wildman–Crippen MR) is 93.2 cm³/mol. The van der Waals surface area contributed by atoms with Crippen LogP contribution in [0.2, 0.25) is 0 Å². The summed E-state index contributed by atoms with van der Waals surface area (Å²) >= 11 is 0. The van der Waals surface area contributed by atoms with E-state index in [-0.39, 0.29) is 5.97 Å². The number of hydrogen-bond donors (Lipinski definition) is 1. The number of nitrogens with zero attached hydrogens (tertiary/aromatic N) is 2. The summed E-state index contributed by atoms with van der Waals surface area (Å²) in [7, 11) is 1.40. The second-order valence-electron chi connectivity index (χ2n) is 5.35. The van der Waals surface area contributed by atoms with Crippen LogP contribution in [0.25, 0.3) is 5.57 Å². The molecule has 0 bridgehead atoms. The van der Waals surface area contributed by atoms with Gasteiger partial charge in [-0.2, -0.15) is 0 Å². The van der Waals surface area contributed by atoms with Crippen LogP contribution >= 0.6 is 0 Å². The monoisotopic (exact) mass is 315 g/mol. The van der Waals surface area contributed by atoms with E-state index in [1.54, 1.807) is 0 Å². The Balaban J connectivity index is 1.98. The molecule has 1 aromatic carbocycles. The van der Waals surface area contributed by atoms with Crippen LogP contribution < -0.4 is 5.32 Å². The molecule has 1 aliphatic heterocycles. The fourth-order valence-corrected chi connectivity index (χ4v) is 2.56. The molecular weight excluding hydrogens is 290 g/mol. The third-order valence-corrected chi connectivity index (χ3v) is 3.79. The van der Waals surface area contributed by atoms with Gasteiger partial charge in [0.1, 0.15) is 0 Å². The van der Waals surface area contributed by atoms with Gasteiger partial charge in [0.15, 0.2) is 5.96 Å². The van der Waals surface area contributed by atoms with Gasteiger partial charge < -0.3 is 15.0 Å². The Morgan fingerprint density at radius 2 is 2.13 bits per heavy atom. The maximum Gasteiger partial charge on any atom is 0.307 e. The van der Waals surface area contributed by atoms with E-state index < -0.39 is 0 Å². The number of hydrogen-bond acceptors (Lipinski definition) is 3. The van der Waals surface area contributed by atoms with Gasteiger partial charge in [-0.25, -0.2) is 0 Å². The highest BCUT2D eigenvalue weighted by atomic mass is 16.5. The molecule has 0 saturated heterocycles. The van der Waals surface area contributed by atoms with Crippen molar-refractivity contribution in [2.75, 3.05) is 33.3 Å². The van der Waals surface area contributed by atoms with Crippen molar-refractivity contribution in [3.63, 3.8) is 0 Å². The molecule has 0 spiro atoms. The summed E-state index contributed by atoms with van der Waals surface area (Å²) in [6.45, 7) is 5.05. The van der Waals surface area contributed by atoms with Crippen LogP contribution in [0.1, 0.15) is 25.3 Å². The number of ether oxygens (including phenoxy) is 1. The largest absolute Gasteiger partial charge is 0.469 e. The van der Waals surface area contributed by atoms with E-state index in [0.717, 1.165) is 32.0 Å². The summed E-state index contributed by atoms with van der Waals surface area (Å²) in [6, 6.07) is 10.5. The minimum atomic E-state index is -0.227. The summed E-state index contributed by atoms with van der Waals surface area (Å²) in [5.41, 5.74) is 2.67. The summed E-state index contributed by atoms with van der Waals surface area (Å²) in [6.07, 6.45) is 3.56. The first-order chi connectivity index (χ1) is 11.2. The van der Waals surface area contributed by atoms with Crippen molar-refractivity contribution >= 4 is 17.5 Å². The Labute approximate surface area is 138 Å². The van der Waals surface area contributed by atoms with E-state index in [2.05, 4.69) is 50.3 Å². The maximum atomic E-state index is 11.2. The molecule has 0 atom stereocenters. The molecule has 0 saturated carbocycles. The van der Waals surface area contributed by atoms with E-state index in [9.17, 15) is 4.79 Å². The molecule has 124 valence electrons. The fraction of sp³-hybridized carbons (Fsp3) is 0.444. The second kappa shape index (κ2) is 8.98. The van der Waals surface area contributed by atoms with Gasteiger partial charge in [-0.15, -0.1) is 0 Å². The lowest BCUT2D eigenvalue weighted by Gasteiger charge is -2.29. The fourth-order valence-electron chi connectivity index (χ4n) is 2.56. The highest BCUT2D eigenvalue weighted by molar-refractivity contribution is 5.82. The summed E-state index contributed by atoms with van der Waals surface area (Å²) in [5, 5.41) is 3.29. The Hall–Kier alpha value is -2.30. The Morgan fingerprint density at radius 3 is 2.74 bits per heavy atom. The summed E-state index contributed by atoms with van der Waals surface area (Å²) < 4.78 is 4.65. The van der Waals surface area contributed by atoms with Crippen LogP contribution in [-0.2, 0) is 9.53 Å². The van der Waals surface area contributed by atoms with Crippen molar-refractivity contribution in [2.45, 2.75) is 19.8 Å². The van der Waals surface area contributed by atoms with Gasteiger partial charge in [0.2, 0.25) is 0 Å². The maximum absolute atomic E-state index is 11.2. The van der Waals surface area contributed by atoms with Gasteiger partial charge in [-0.05, 0) is 24.5 Å². The molecule has 5 heteroatoms. The van der Waals surface area contributed by atoms with Gasteiger partial charge in [0, 0.05) is 19.6 Å². The van der Waals surface area contributed by atoms with Gasteiger partial charge in [0.25, 0.3) is 0 Å². The van der Waals surface area contributed by atoms with E-state index >= 15 is 0 Å². The Morgan fingerprint density at radius 1 is 1.35 bits per heavy atom. The molecule has 5 nitrogen and oxygen atoms in total. The van der Waals surface area contributed by atoms with E-state index in [1.165, 1.54) is 18.2 Å². The Kier molecular flexibility index (Phi) is 6.66. The quantitative estimate of drug-likeness (QED) is 0.515. The average molecular weight is 315 g/mol. The number of nitrogens with one attached hydrogen (secondary N) is 1. The molecule has 0 amide bonds. The number of carbonyl (C=O) groups is 1. The number of carbonyl (C=O) groups excluding carboxylic acids is 1. The van der Waals surface area contributed by atoms with Gasteiger partial charge in [-0.3, -0.25) is 9.79 Å². The molecule has 1 aromatic rings. The zero-order chi connectivity index (χ0) is 16.5. The highest BCUT2D eigenvalue weighted by Gasteiger charge is 2.16. The molecule has 2 rings (SSSR count). The first-order valence-corrected chi connectivity index (χ1v) is 8.09. The van der Waals surface area contributed by atoms with Crippen molar-refractivity contribution in [3.05, 3.63) is 42.0 Å². The van der Waals surface area contributed by atoms with Crippen LogP contribution in [0.15, 0.2) is 41.4 Å². The number of esters is 1. The molecule has 23 heavy (non-hydrogen) atoms. The average Bonchev–Trinajstić information content (AvgIpc) is 2.61. The lowest BCUT2D eigenvalue weighted by atomic mass is 10.00. The van der Waals surface area contributed by atoms with Gasteiger partial charge in [-0.1, -0.05) is 36.4 Å². The number of benzene rings is 1. The first-order valence-electron chi connectivity index (χ1n) is 8.09. The molecule has 1 N–H and O–H groups in total. The Bertz CT molecular complexity index is 567.